The van der Waals surface area contributed by atoms with Gasteiger partial charge in [-0.2, -0.15) is 5.10 Å². The number of hydrogen-bond donors (Lipinski definition) is 1. The highest BCUT2D eigenvalue weighted by molar-refractivity contribution is 7.92. The van der Waals surface area contributed by atoms with Gasteiger partial charge in [-0.15, -0.1) is 0 Å². The van der Waals surface area contributed by atoms with Crippen LogP contribution in [0, 0.1) is 0 Å². The topological polar surface area (TPSA) is 89.2 Å². The van der Waals surface area contributed by atoms with Crippen LogP contribution < -0.4 is 4.72 Å². The van der Waals surface area contributed by atoms with Gasteiger partial charge in [-0.25, -0.2) is 17.9 Å². The Balaban J connectivity index is 1.75. The van der Waals surface area contributed by atoms with Crippen LogP contribution in [0.2, 0.25) is 0 Å². The maximum absolute atomic E-state index is 12.4. The quantitative estimate of drug-likeness (QED) is 0.793. The van der Waals surface area contributed by atoms with Gasteiger partial charge in [-0.3, -0.25) is 9.71 Å². The third-order valence-electron chi connectivity index (χ3n) is 3.51. The summed E-state index contributed by atoms with van der Waals surface area (Å²) in [5.74, 6) is 1.18. The van der Waals surface area contributed by atoms with Crippen LogP contribution >= 0.6 is 0 Å². The molecule has 0 atom stereocenters. The largest absolute Gasteiger partial charge is 0.276 e. The Kier molecular flexibility index (Phi) is 2.86. The average Bonchev–Trinajstić information content (AvgIpc) is 3.27. The molecule has 1 fully saturated rings. The molecule has 1 N–H and O–H groups in total. The fraction of sp³-hybridized carbons (Fsp3) is 0.214. The Labute approximate surface area is 127 Å². The van der Waals surface area contributed by atoms with Crippen molar-refractivity contribution in [2.75, 3.05) is 4.72 Å². The fourth-order valence-electron chi connectivity index (χ4n) is 2.23. The minimum Gasteiger partial charge on any atom is -0.276 e. The molecule has 3 aromatic heterocycles. The van der Waals surface area contributed by atoms with E-state index in [1.165, 1.54) is 18.5 Å². The van der Waals surface area contributed by atoms with Crippen molar-refractivity contribution in [2.24, 2.45) is 0 Å². The van der Waals surface area contributed by atoms with Crippen LogP contribution in [0.3, 0.4) is 0 Å². The minimum atomic E-state index is -3.69. The van der Waals surface area contributed by atoms with Crippen molar-refractivity contribution >= 4 is 21.4 Å². The number of anilines is 1. The molecular weight excluding hydrogens is 302 g/mol. The van der Waals surface area contributed by atoms with E-state index in [1.807, 2.05) is 0 Å². The van der Waals surface area contributed by atoms with E-state index in [0.29, 0.717) is 17.3 Å². The van der Waals surface area contributed by atoms with Gasteiger partial charge in [0.15, 0.2) is 11.5 Å². The lowest BCUT2D eigenvalue weighted by molar-refractivity contribution is 0.601. The molecule has 22 heavy (non-hydrogen) atoms. The molecule has 0 radical (unpaired) electrons. The van der Waals surface area contributed by atoms with Crippen LogP contribution in [0.5, 0.6) is 0 Å². The van der Waals surface area contributed by atoms with Crippen molar-refractivity contribution < 1.29 is 8.42 Å². The van der Waals surface area contributed by atoms with Crippen LogP contribution in [-0.4, -0.2) is 28.0 Å². The summed E-state index contributed by atoms with van der Waals surface area (Å²) in [6.07, 6.45) is 6.78. The zero-order chi connectivity index (χ0) is 15.2. The molecule has 8 heteroatoms. The first-order chi connectivity index (χ1) is 10.6. The smallest absolute Gasteiger partial charge is 0.263 e. The Bertz CT molecular complexity index is 932. The number of sulfonamides is 1. The number of pyridine rings is 2. The van der Waals surface area contributed by atoms with E-state index < -0.39 is 10.0 Å². The molecule has 0 saturated heterocycles. The molecule has 7 nitrogen and oxygen atoms in total. The predicted octanol–water partition coefficient (Wildman–Crippen LogP) is 1.80. The molecule has 4 rings (SSSR count). The second kappa shape index (κ2) is 4.77. The number of nitrogens with zero attached hydrogens (tertiary/aromatic N) is 4. The van der Waals surface area contributed by atoms with Crippen molar-refractivity contribution in [1.82, 2.24) is 19.6 Å². The fourth-order valence-corrected chi connectivity index (χ4v) is 3.25. The third-order valence-corrected chi connectivity index (χ3v) is 4.86. The monoisotopic (exact) mass is 315 g/mol. The molecule has 0 aromatic carbocycles. The third kappa shape index (κ3) is 2.31. The van der Waals surface area contributed by atoms with Gasteiger partial charge in [0.05, 0.1) is 5.69 Å². The molecule has 0 amide bonds. The van der Waals surface area contributed by atoms with Crippen LogP contribution in [0.4, 0.5) is 5.69 Å². The SMILES string of the molecule is O=S(=O)(Nc1cccn2nc(C3CC3)nc12)c1cccnc1. The zero-order valence-electron chi connectivity index (χ0n) is 11.5. The molecule has 1 aliphatic rings. The van der Waals surface area contributed by atoms with Gasteiger partial charge >= 0.3 is 0 Å². The Morgan fingerprint density at radius 3 is 2.82 bits per heavy atom. The maximum Gasteiger partial charge on any atom is 0.263 e. The maximum atomic E-state index is 12.4. The highest BCUT2D eigenvalue weighted by Crippen LogP contribution is 2.38. The summed E-state index contributed by atoms with van der Waals surface area (Å²) in [5.41, 5.74) is 0.919. The standard InChI is InChI=1S/C14H13N5O2S/c20-22(21,11-3-1-7-15-9-11)18-12-4-2-8-19-14(12)16-13(17-19)10-5-6-10/h1-4,7-10,18H,5-6H2. The van der Waals surface area contributed by atoms with Crippen molar-refractivity contribution in [3.63, 3.8) is 0 Å². The van der Waals surface area contributed by atoms with E-state index in [-0.39, 0.29) is 4.90 Å². The normalized spacial score (nSPS) is 15.1. The predicted molar refractivity (Wildman–Crippen MR) is 80.0 cm³/mol. The average molecular weight is 315 g/mol. The van der Waals surface area contributed by atoms with E-state index in [1.54, 1.807) is 28.9 Å². The van der Waals surface area contributed by atoms with Gasteiger partial charge in [-0.1, -0.05) is 0 Å². The molecule has 1 saturated carbocycles. The Hall–Kier alpha value is -2.48. The summed E-state index contributed by atoms with van der Waals surface area (Å²) in [4.78, 5) is 8.41. The highest BCUT2D eigenvalue weighted by atomic mass is 32.2. The molecule has 3 aromatic rings. The van der Waals surface area contributed by atoms with Crippen molar-refractivity contribution in [1.29, 1.82) is 0 Å². The van der Waals surface area contributed by atoms with Crippen molar-refractivity contribution in [2.45, 2.75) is 23.7 Å². The molecule has 0 unspecified atom stereocenters. The molecule has 3 heterocycles. The molecular formula is C14H13N5O2S. The van der Waals surface area contributed by atoms with E-state index in [2.05, 4.69) is 19.8 Å². The summed E-state index contributed by atoms with van der Waals surface area (Å²) in [6, 6.07) is 6.49. The molecule has 112 valence electrons. The van der Waals surface area contributed by atoms with Gasteiger partial charge in [0, 0.05) is 24.5 Å². The lowest BCUT2D eigenvalue weighted by Gasteiger charge is -2.07. The number of fused-ring (bicyclic) bond motifs is 1. The van der Waals surface area contributed by atoms with Gasteiger partial charge in [-0.05, 0) is 37.1 Å². The van der Waals surface area contributed by atoms with Crippen LogP contribution in [0.15, 0.2) is 47.8 Å². The molecule has 0 spiro atoms. The van der Waals surface area contributed by atoms with E-state index in [9.17, 15) is 8.42 Å². The van der Waals surface area contributed by atoms with E-state index in [4.69, 9.17) is 0 Å². The second-order valence-electron chi connectivity index (χ2n) is 5.23. The van der Waals surface area contributed by atoms with E-state index in [0.717, 1.165) is 18.7 Å². The Morgan fingerprint density at radius 1 is 1.23 bits per heavy atom. The lowest BCUT2D eigenvalue weighted by Crippen LogP contribution is -2.14. The van der Waals surface area contributed by atoms with Crippen LogP contribution in [0.1, 0.15) is 24.6 Å². The minimum absolute atomic E-state index is 0.110. The number of hydrogen-bond acceptors (Lipinski definition) is 5. The summed E-state index contributed by atoms with van der Waals surface area (Å²) in [7, 11) is -3.69. The summed E-state index contributed by atoms with van der Waals surface area (Å²) < 4.78 is 28.9. The first-order valence-corrected chi connectivity index (χ1v) is 8.40. The van der Waals surface area contributed by atoms with Crippen molar-refractivity contribution in [3.05, 3.63) is 48.7 Å². The molecule has 1 aliphatic carbocycles. The van der Waals surface area contributed by atoms with Crippen molar-refractivity contribution in [3.8, 4) is 0 Å². The number of nitrogens with one attached hydrogen (secondary N) is 1. The van der Waals surface area contributed by atoms with E-state index >= 15 is 0 Å². The number of aromatic nitrogens is 4. The van der Waals surface area contributed by atoms with Gasteiger partial charge in [0.1, 0.15) is 4.90 Å². The summed E-state index contributed by atoms with van der Waals surface area (Å²) in [5, 5.41) is 4.40. The summed E-state index contributed by atoms with van der Waals surface area (Å²) >= 11 is 0. The van der Waals surface area contributed by atoms with Crippen LogP contribution in [-0.2, 0) is 10.0 Å². The zero-order valence-corrected chi connectivity index (χ0v) is 12.4. The van der Waals surface area contributed by atoms with Gasteiger partial charge in [0.2, 0.25) is 0 Å². The first kappa shape index (κ1) is 13.2. The van der Waals surface area contributed by atoms with Gasteiger partial charge < -0.3 is 0 Å². The Morgan fingerprint density at radius 2 is 2.09 bits per heavy atom. The highest BCUT2D eigenvalue weighted by Gasteiger charge is 2.28. The second-order valence-corrected chi connectivity index (χ2v) is 6.91. The lowest BCUT2D eigenvalue weighted by atomic mass is 10.4. The first-order valence-electron chi connectivity index (χ1n) is 6.92. The summed E-state index contributed by atoms with van der Waals surface area (Å²) in [6.45, 7) is 0. The number of rotatable bonds is 4. The molecule has 0 bridgehead atoms. The van der Waals surface area contributed by atoms with Gasteiger partial charge in [0.25, 0.3) is 10.0 Å². The molecule has 0 aliphatic heterocycles. The van der Waals surface area contributed by atoms with Crippen LogP contribution in [0.25, 0.3) is 5.65 Å².